The molecule has 0 aliphatic rings. The second kappa shape index (κ2) is 8.64. The van der Waals surface area contributed by atoms with Crippen LogP contribution in [-0.2, 0) is 20.4 Å². The van der Waals surface area contributed by atoms with Gasteiger partial charge in [-0.05, 0) is 17.7 Å². The SMILES string of the molecule is Nc1ncnc2c1ncn2OCCOCP(=O)(O)OCc1ccc(Cl)cc1. The summed E-state index contributed by atoms with van der Waals surface area (Å²) in [6.45, 7) is 0.147. The molecule has 2 aromatic heterocycles. The van der Waals surface area contributed by atoms with Crippen LogP contribution in [0.25, 0.3) is 11.2 Å². The van der Waals surface area contributed by atoms with Crippen LogP contribution < -0.4 is 10.6 Å². The van der Waals surface area contributed by atoms with Crippen LogP contribution in [-0.4, -0.2) is 44.1 Å². The van der Waals surface area contributed by atoms with E-state index in [-0.39, 0.29) is 25.6 Å². The van der Waals surface area contributed by atoms with Crippen molar-refractivity contribution in [3.63, 3.8) is 0 Å². The van der Waals surface area contributed by atoms with Gasteiger partial charge >= 0.3 is 7.60 Å². The summed E-state index contributed by atoms with van der Waals surface area (Å²) in [5.41, 5.74) is 7.26. The Bertz CT molecular complexity index is 951. The van der Waals surface area contributed by atoms with Gasteiger partial charge in [0.05, 0.1) is 13.2 Å². The summed E-state index contributed by atoms with van der Waals surface area (Å²) in [5.74, 6) is 0.248. The molecule has 1 atom stereocenters. The van der Waals surface area contributed by atoms with Gasteiger partial charge in [-0.1, -0.05) is 23.7 Å². The molecule has 0 aliphatic heterocycles. The Morgan fingerprint density at radius 3 is 2.74 bits per heavy atom. The van der Waals surface area contributed by atoms with Crippen LogP contribution in [0.4, 0.5) is 5.82 Å². The lowest BCUT2D eigenvalue weighted by atomic mass is 10.2. The molecule has 12 heteroatoms. The molecular formula is C15H17ClN5O5P. The standard InChI is InChI=1S/C15H17ClN5O5P/c16-12-3-1-11(2-4-12)7-26-27(22,23)10-24-5-6-25-21-9-20-13-14(17)18-8-19-15(13)21/h1-4,8-9H,5-7,10H2,(H,22,23)(H2,17,18,19). The van der Waals surface area contributed by atoms with Gasteiger partial charge in [-0.3, -0.25) is 4.57 Å². The molecule has 144 valence electrons. The van der Waals surface area contributed by atoms with Crippen molar-refractivity contribution >= 4 is 36.2 Å². The van der Waals surface area contributed by atoms with E-state index in [2.05, 4.69) is 15.0 Å². The van der Waals surface area contributed by atoms with Crippen LogP contribution in [0, 0.1) is 0 Å². The number of halogens is 1. The van der Waals surface area contributed by atoms with Gasteiger partial charge in [0.15, 0.2) is 11.3 Å². The Balaban J connectivity index is 1.40. The normalized spacial score (nSPS) is 13.6. The van der Waals surface area contributed by atoms with E-state index in [1.165, 1.54) is 17.4 Å². The Hall–Kier alpha value is -2.23. The minimum absolute atomic E-state index is 0.0209. The van der Waals surface area contributed by atoms with Crippen molar-refractivity contribution in [1.82, 2.24) is 19.7 Å². The summed E-state index contributed by atoms with van der Waals surface area (Å²) in [4.78, 5) is 27.1. The maximum Gasteiger partial charge on any atom is 0.353 e. The largest absolute Gasteiger partial charge is 0.408 e. The molecule has 10 nitrogen and oxygen atoms in total. The summed E-state index contributed by atoms with van der Waals surface area (Å²) in [5, 5.41) is 0.578. The van der Waals surface area contributed by atoms with Gasteiger partial charge in [-0.2, -0.15) is 4.73 Å². The molecule has 0 amide bonds. The molecule has 1 aromatic carbocycles. The molecular weight excluding hydrogens is 397 g/mol. The van der Waals surface area contributed by atoms with Crippen molar-refractivity contribution in [2.45, 2.75) is 6.61 Å². The average Bonchev–Trinajstić information content (AvgIpc) is 3.06. The average molecular weight is 414 g/mol. The predicted octanol–water partition coefficient (Wildman–Crippen LogP) is 1.87. The third-order valence-electron chi connectivity index (χ3n) is 3.39. The highest BCUT2D eigenvalue weighted by atomic mass is 35.5. The first-order chi connectivity index (χ1) is 12.9. The summed E-state index contributed by atoms with van der Waals surface area (Å²) >= 11 is 5.78. The molecule has 27 heavy (non-hydrogen) atoms. The Morgan fingerprint density at radius 2 is 1.96 bits per heavy atom. The third kappa shape index (κ3) is 5.38. The number of aromatic nitrogens is 4. The van der Waals surface area contributed by atoms with Crippen molar-refractivity contribution in [2.24, 2.45) is 0 Å². The second-order valence-electron chi connectivity index (χ2n) is 5.41. The van der Waals surface area contributed by atoms with Crippen molar-refractivity contribution in [3.8, 4) is 0 Å². The number of rotatable bonds is 9. The topological polar surface area (TPSA) is 135 Å². The molecule has 1 unspecified atom stereocenters. The van der Waals surface area contributed by atoms with E-state index in [1.807, 2.05) is 0 Å². The van der Waals surface area contributed by atoms with E-state index in [0.717, 1.165) is 5.56 Å². The fraction of sp³-hybridized carbons (Fsp3) is 0.267. The third-order valence-corrected chi connectivity index (χ3v) is 4.68. The zero-order valence-electron chi connectivity index (χ0n) is 14.1. The molecule has 3 aromatic rings. The maximum atomic E-state index is 12.0. The highest BCUT2D eigenvalue weighted by Gasteiger charge is 2.19. The van der Waals surface area contributed by atoms with Crippen LogP contribution in [0.1, 0.15) is 5.56 Å². The van der Waals surface area contributed by atoms with E-state index >= 15 is 0 Å². The van der Waals surface area contributed by atoms with Gasteiger partial charge in [-0.25, -0.2) is 15.0 Å². The molecule has 0 bridgehead atoms. The number of benzene rings is 1. The Kier molecular flexibility index (Phi) is 6.25. The first-order valence-electron chi connectivity index (χ1n) is 7.80. The van der Waals surface area contributed by atoms with Crippen LogP contribution >= 0.6 is 19.2 Å². The molecule has 0 aliphatic carbocycles. The van der Waals surface area contributed by atoms with E-state index in [9.17, 15) is 9.46 Å². The number of imidazole rings is 1. The van der Waals surface area contributed by atoms with Gasteiger partial charge in [0.1, 0.15) is 25.6 Å². The highest BCUT2D eigenvalue weighted by Crippen LogP contribution is 2.42. The lowest BCUT2D eigenvalue weighted by molar-refractivity contribution is 0.0502. The number of nitrogen functional groups attached to an aromatic ring is 1. The molecule has 3 rings (SSSR count). The van der Waals surface area contributed by atoms with Gasteiger partial charge < -0.3 is 24.7 Å². The van der Waals surface area contributed by atoms with E-state index in [4.69, 9.17) is 31.4 Å². The van der Waals surface area contributed by atoms with Gasteiger partial charge in [0.2, 0.25) is 5.65 Å². The minimum Gasteiger partial charge on any atom is -0.408 e. The number of nitrogens with zero attached hydrogens (tertiary/aromatic N) is 4. The molecule has 0 fully saturated rings. The molecule has 0 saturated heterocycles. The number of hydrogen-bond donors (Lipinski definition) is 2. The number of fused-ring (bicyclic) bond motifs is 1. The molecule has 0 radical (unpaired) electrons. The summed E-state index contributed by atoms with van der Waals surface area (Å²) in [6.07, 6.45) is 2.25. The summed E-state index contributed by atoms with van der Waals surface area (Å²) in [6, 6.07) is 6.77. The molecule has 2 heterocycles. The van der Waals surface area contributed by atoms with E-state index in [0.29, 0.717) is 16.2 Å². The minimum atomic E-state index is -3.88. The molecule has 0 saturated carbocycles. The van der Waals surface area contributed by atoms with Crippen molar-refractivity contribution in [1.29, 1.82) is 0 Å². The van der Waals surface area contributed by atoms with Gasteiger partial charge in [0, 0.05) is 5.02 Å². The van der Waals surface area contributed by atoms with Gasteiger partial charge in [0.25, 0.3) is 0 Å². The fourth-order valence-electron chi connectivity index (χ4n) is 2.09. The summed E-state index contributed by atoms with van der Waals surface area (Å²) in [7, 11) is -3.88. The molecule has 0 spiro atoms. The van der Waals surface area contributed by atoms with Crippen LogP contribution in [0.15, 0.2) is 36.9 Å². The van der Waals surface area contributed by atoms with E-state index in [1.54, 1.807) is 24.3 Å². The van der Waals surface area contributed by atoms with Crippen LogP contribution in [0.3, 0.4) is 0 Å². The van der Waals surface area contributed by atoms with Crippen molar-refractivity contribution < 1.29 is 23.6 Å². The Morgan fingerprint density at radius 1 is 1.19 bits per heavy atom. The van der Waals surface area contributed by atoms with Gasteiger partial charge in [-0.15, -0.1) is 0 Å². The summed E-state index contributed by atoms with van der Waals surface area (Å²) < 4.78 is 23.5. The second-order valence-corrected chi connectivity index (χ2v) is 7.64. The fourth-order valence-corrected chi connectivity index (χ4v) is 3.01. The smallest absolute Gasteiger partial charge is 0.353 e. The zero-order valence-corrected chi connectivity index (χ0v) is 15.7. The number of hydrogen-bond acceptors (Lipinski definition) is 8. The zero-order chi connectivity index (χ0) is 19.3. The quantitative estimate of drug-likeness (QED) is 0.398. The van der Waals surface area contributed by atoms with Crippen LogP contribution in [0.5, 0.6) is 0 Å². The lowest BCUT2D eigenvalue weighted by Gasteiger charge is -2.13. The lowest BCUT2D eigenvalue weighted by Crippen LogP contribution is -2.17. The first-order valence-corrected chi connectivity index (χ1v) is 9.94. The number of anilines is 1. The number of nitrogens with two attached hydrogens (primary N) is 1. The van der Waals surface area contributed by atoms with Crippen LogP contribution in [0.2, 0.25) is 5.02 Å². The predicted molar refractivity (Wildman–Crippen MR) is 98.1 cm³/mol. The van der Waals surface area contributed by atoms with Crippen molar-refractivity contribution in [2.75, 3.05) is 25.3 Å². The number of ether oxygens (including phenoxy) is 1. The molecule has 3 N–H and O–H groups in total. The van der Waals surface area contributed by atoms with E-state index < -0.39 is 13.9 Å². The monoisotopic (exact) mass is 413 g/mol. The highest BCUT2D eigenvalue weighted by molar-refractivity contribution is 7.52. The first kappa shape index (κ1) is 19.5. The maximum absolute atomic E-state index is 12.0. The van der Waals surface area contributed by atoms with Crippen molar-refractivity contribution in [3.05, 3.63) is 47.5 Å². The Labute approximate surface area is 159 Å².